The molecule has 0 heterocycles. The molecule has 0 saturated carbocycles. The fraction of sp³-hybridized carbons (Fsp3) is 0.214. The Morgan fingerprint density at radius 3 is 2.42 bits per heavy atom. The van der Waals surface area contributed by atoms with E-state index in [0.29, 0.717) is 16.7 Å². The second-order valence-electron chi connectivity index (χ2n) is 4.21. The van der Waals surface area contributed by atoms with Crippen LogP contribution in [0.5, 0.6) is 0 Å². The minimum atomic E-state index is -1.11. The number of nitrogens with one attached hydrogen (secondary N) is 1. The number of aliphatic carboxylic acids is 1. The molecule has 5 heteroatoms. The van der Waals surface area contributed by atoms with Crippen molar-refractivity contribution >= 4 is 11.9 Å². The second-order valence-corrected chi connectivity index (χ2v) is 4.21. The van der Waals surface area contributed by atoms with Gasteiger partial charge in [0.2, 0.25) is 0 Å². The van der Waals surface area contributed by atoms with Gasteiger partial charge in [-0.3, -0.25) is 4.79 Å². The van der Waals surface area contributed by atoms with Crippen molar-refractivity contribution in [2.45, 2.75) is 19.4 Å². The number of carboxylic acids is 1. The number of benzene rings is 1. The van der Waals surface area contributed by atoms with Gasteiger partial charge in [-0.1, -0.05) is 5.57 Å². The van der Waals surface area contributed by atoms with Gasteiger partial charge in [0.25, 0.3) is 5.91 Å². The predicted octanol–water partition coefficient (Wildman–Crippen LogP) is 1.71. The number of carboxylic acid groups (broad SMARTS) is 1. The standard InChI is InChI=1S/C14H14N2O3/c1-9(2)7-12(14(18)19)16-13(17)11-5-3-10(8-15)4-6-11/h3-6,12H,1,7H2,2H3,(H,16,17)(H,18,19)/t12-/m1/s1. The van der Waals surface area contributed by atoms with E-state index in [4.69, 9.17) is 10.4 Å². The van der Waals surface area contributed by atoms with Crippen molar-refractivity contribution in [1.82, 2.24) is 5.32 Å². The van der Waals surface area contributed by atoms with Crippen molar-refractivity contribution in [3.05, 3.63) is 47.5 Å². The summed E-state index contributed by atoms with van der Waals surface area (Å²) in [5.41, 5.74) is 1.42. The maximum absolute atomic E-state index is 11.9. The van der Waals surface area contributed by atoms with Crippen molar-refractivity contribution < 1.29 is 14.7 Å². The summed E-state index contributed by atoms with van der Waals surface area (Å²) in [6.45, 7) is 5.33. The minimum absolute atomic E-state index is 0.178. The average molecular weight is 258 g/mol. The Labute approximate surface area is 111 Å². The van der Waals surface area contributed by atoms with Crippen LogP contribution in [-0.4, -0.2) is 23.0 Å². The third-order valence-corrected chi connectivity index (χ3v) is 2.43. The van der Waals surface area contributed by atoms with Crippen molar-refractivity contribution in [3.63, 3.8) is 0 Å². The number of carbonyl (C=O) groups excluding carboxylic acids is 1. The molecule has 19 heavy (non-hydrogen) atoms. The van der Waals surface area contributed by atoms with Gasteiger partial charge in [-0.05, 0) is 37.6 Å². The molecule has 2 N–H and O–H groups in total. The monoisotopic (exact) mass is 258 g/mol. The largest absolute Gasteiger partial charge is 0.480 e. The molecule has 0 aromatic heterocycles. The summed E-state index contributed by atoms with van der Waals surface area (Å²) in [5.74, 6) is -1.59. The zero-order valence-electron chi connectivity index (χ0n) is 10.5. The number of carbonyl (C=O) groups is 2. The zero-order chi connectivity index (χ0) is 14.4. The molecule has 0 aliphatic rings. The number of rotatable bonds is 5. The summed E-state index contributed by atoms with van der Waals surface area (Å²) in [5, 5.41) is 20.1. The lowest BCUT2D eigenvalue weighted by Gasteiger charge is -2.14. The van der Waals surface area contributed by atoms with E-state index in [9.17, 15) is 9.59 Å². The van der Waals surface area contributed by atoms with Gasteiger partial charge in [-0.15, -0.1) is 6.58 Å². The molecule has 1 aromatic carbocycles. The highest BCUT2D eigenvalue weighted by Gasteiger charge is 2.20. The minimum Gasteiger partial charge on any atom is -0.480 e. The first-order valence-corrected chi connectivity index (χ1v) is 5.62. The molecule has 1 aromatic rings. The molecule has 98 valence electrons. The van der Waals surface area contributed by atoms with Gasteiger partial charge < -0.3 is 10.4 Å². The van der Waals surface area contributed by atoms with Gasteiger partial charge in [-0.25, -0.2) is 4.79 Å². The Balaban J connectivity index is 2.78. The summed E-state index contributed by atoms with van der Waals surface area (Å²) in [7, 11) is 0. The van der Waals surface area contributed by atoms with Gasteiger partial charge in [0, 0.05) is 5.56 Å². The molecule has 0 radical (unpaired) electrons. The van der Waals surface area contributed by atoms with Crippen molar-refractivity contribution in [2.75, 3.05) is 0 Å². The van der Waals surface area contributed by atoms with Crippen molar-refractivity contribution in [3.8, 4) is 6.07 Å². The topological polar surface area (TPSA) is 90.2 Å². The van der Waals surface area contributed by atoms with Crippen LogP contribution in [0, 0.1) is 11.3 Å². The fourth-order valence-corrected chi connectivity index (χ4v) is 1.49. The van der Waals surface area contributed by atoms with Gasteiger partial charge in [0.05, 0.1) is 11.6 Å². The van der Waals surface area contributed by atoms with Crippen LogP contribution in [0.4, 0.5) is 0 Å². The van der Waals surface area contributed by atoms with Gasteiger partial charge in [-0.2, -0.15) is 5.26 Å². The number of hydrogen-bond donors (Lipinski definition) is 2. The van der Waals surface area contributed by atoms with Crippen LogP contribution in [0.25, 0.3) is 0 Å². The van der Waals surface area contributed by atoms with E-state index in [1.807, 2.05) is 6.07 Å². The van der Waals surface area contributed by atoms with Crippen LogP contribution in [0.1, 0.15) is 29.3 Å². The smallest absolute Gasteiger partial charge is 0.326 e. The molecule has 5 nitrogen and oxygen atoms in total. The Kier molecular flexibility index (Phi) is 4.84. The Morgan fingerprint density at radius 2 is 2.00 bits per heavy atom. The van der Waals surface area contributed by atoms with E-state index in [2.05, 4.69) is 11.9 Å². The van der Waals surface area contributed by atoms with E-state index >= 15 is 0 Å². The summed E-state index contributed by atoms with van der Waals surface area (Å²) < 4.78 is 0. The third-order valence-electron chi connectivity index (χ3n) is 2.43. The lowest BCUT2D eigenvalue weighted by atomic mass is 10.1. The number of hydrogen-bond acceptors (Lipinski definition) is 3. The Bertz CT molecular complexity index is 541. The van der Waals surface area contributed by atoms with Crippen molar-refractivity contribution in [1.29, 1.82) is 5.26 Å². The third kappa shape index (κ3) is 4.28. The number of nitriles is 1. The predicted molar refractivity (Wildman–Crippen MR) is 69.5 cm³/mol. The number of nitrogens with zero attached hydrogens (tertiary/aromatic N) is 1. The molecular formula is C14H14N2O3. The Morgan fingerprint density at radius 1 is 1.42 bits per heavy atom. The molecule has 0 bridgehead atoms. The Hall–Kier alpha value is -2.61. The second kappa shape index (κ2) is 6.36. The molecule has 0 spiro atoms. The molecule has 0 unspecified atom stereocenters. The van der Waals surface area contributed by atoms with Crippen molar-refractivity contribution in [2.24, 2.45) is 0 Å². The molecule has 1 rings (SSSR count). The fourth-order valence-electron chi connectivity index (χ4n) is 1.49. The zero-order valence-corrected chi connectivity index (χ0v) is 10.5. The van der Waals surface area contributed by atoms with Gasteiger partial charge in [0.1, 0.15) is 6.04 Å². The normalized spacial score (nSPS) is 11.2. The van der Waals surface area contributed by atoms with E-state index in [1.165, 1.54) is 24.3 Å². The van der Waals surface area contributed by atoms with Gasteiger partial charge in [0.15, 0.2) is 0 Å². The average Bonchev–Trinajstić information content (AvgIpc) is 2.37. The van der Waals surface area contributed by atoms with Crippen LogP contribution < -0.4 is 5.32 Å². The molecule has 1 amide bonds. The van der Waals surface area contributed by atoms with E-state index < -0.39 is 17.9 Å². The maximum Gasteiger partial charge on any atom is 0.326 e. The molecule has 0 aliphatic heterocycles. The molecule has 0 aliphatic carbocycles. The lowest BCUT2D eigenvalue weighted by molar-refractivity contribution is -0.139. The molecule has 0 fully saturated rings. The first-order valence-electron chi connectivity index (χ1n) is 5.62. The summed E-state index contributed by atoms with van der Waals surface area (Å²) in [6, 6.07) is 6.91. The SMILES string of the molecule is C=C(C)C[C@@H](NC(=O)c1ccc(C#N)cc1)C(=O)O. The quantitative estimate of drug-likeness (QED) is 0.786. The van der Waals surface area contributed by atoms with Crippen LogP contribution in [0.15, 0.2) is 36.4 Å². The van der Waals surface area contributed by atoms with Crippen LogP contribution >= 0.6 is 0 Å². The lowest BCUT2D eigenvalue weighted by Crippen LogP contribution is -2.40. The highest BCUT2D eigenvalue weighted by molar-refractivity contribution is 5.96. The van der Waals surface area contributed by atoms with E-state index in [-0.39, 0.29) is 6.42 Å². The van der Waals surface area contributed by atoms with E-state index in [1.54, 1.807) is 6.92 Å². The first-order chi connectivity index (χ1) is 8.93. The highest BCUT2D eigenvalue weighted by Crippen LogP contribution is 2.06. The van der Waals surface area contributed by atoms with Crippen LogP contribution in [-0.2, 0) is 4.79 Å². The number of amides is 1. The summed E-state index contributed by atoms with van der Waals surface area (Å²) in [4.78, 5) is 22.9. The first kappa shape index (κ1) is 14.5. The maximum atomic E-state index is 11.9. The van der Waals surface area contributed by atoms with Crippen LogP contribution in [0.2, 0.25) is 0 Å². The molecule has 0 saturated heterocycles. The molecule has 1 atom stereocenters. The van der Waals surface area contributed by atoms with Gasteiger partial charge >= 0.3 is 5.97 Å². The molecular weight excluding hydrogens is 244 g/mol. The summed E-state index contributed by atoms with van der Waals surface area (Å²) in [6.07, 6.45) is 0.178. The highest BCUT2D eigenvalue weighted by atomic mass is 16.4. The summed E-state index contributed by atoms with van der Waals surface area (Å²) >= 11 is 0. The van der Waals surface area contributed by atoms with Crippen LogP contribution in [0.3, 0.4) is 0 Å². The van der Waals surface area contributed by atoms with E-state index in [0.717, 1.165) is 0 Å².